The molecule has 5 heteroatoms. The molecule has 0 aliphatic heterocycles. The van der Waals surface area contributed by atoms with Crippen LogP contribution in [0.5, 0.6) is 0 Å². The third-order valence-corrected chi connectivity index (χ3v) is 3.07. The minimum Gasteiger partial charge on any atom is -0.365 e. The fourth-order valence-corrected chi connectivity index (χ4v) is 2.36. The maximum atomic E-state index is 11.3. The number of hydrogen-bond acceptors (Lipinski definition) is 4. The molecule has 0 spiro atoms. The predicted molar refractivity (Wildman–Crippen MR) is 84.8 cm³/mol. The van der Waals surface area contributed by atoms with Crippen LogP contribution in [0, 0.1) is 22.0 Å². The van der Waals surface area contributed by atoms with Crippen molar-refractivity contribution in [3.63, 3.8) is 0 Å². The van der Waals surface area contributed by atoms with Crippen molar-refractivity contribution in [2.24, 2.45) is 11.8 Å². The van der Waals surface area contributed by atoms with Crippen molar-refractivity contribution in [2.45, 2.75) is 34.1 Å². The molecule has 1 rings (SSSR count). The van der Waals surface area contributed by atoms with Crippen LogP contribution in [-0.4, -0.2) is 24.3 Å². The predicted octanol–water partition coefficient (Wildman–Crippen LogP) is 3.45. The zero-order valence-corrected chi connectivity index (χ0v) is 13.2. The number of rotatable bonds is 8. The van der Waals surface area contributed by atoms with Gasteiger partial charge >= 0.3 is 0 Å². The van der Waals surface area contributed by atoms with Crippen molar-refractivity contribution in [3.8, 4) is 0 Å². The van der Waals surface area contributed by atoms with Crippen molar-refractivity contribution in [3.05, 3.63) is 33.9 Å². The summed E-state index contributed by atoms with van der Waals surface area (Å²) in [6.45, 7) is 9.93. The Labute approximate surface area is 126 Å². The molecule has 21 heavy (non-hydrogen) atoms. The molecular weight excluding hydrogens is 268 g/mol. The average Bonchev–Trinajstić information content (AvgIpc) is 2.37. The Morgan fingerprint density at radius 2 is 1.76 bits per heavy atom. The van der Waals surface area contributed by atoms with Crippen LogP contribution in [0.1, 0.15) is 33.3 Å². The second kappa shape index (κ2) is 7.76. The van der Waals surface area contributed by atoms with Crippen LogP contribution in [0.25, 0.3) is 0 Å². The lowest BCUT2D eigenvalue weighted by Crippen LogP contribution is -2.31. The highest BCUT2D eigenvalue weighted by Crippen LogP contribution is 2.30. The summed E-state index contributed by atoms with van der Waals surface area (Å²) in [7, 11) is 0. The summed E-state index contributed by atoms with van der Waals surface area (Å²) in [6.07, 6.45) is 0.966. The molecule has 116 valence electrons. The summed E-state index contributed by atoms with van der Waals surface area (Å²) < 4.78 is 0. The van der Waals surface area contributed by atoms with E-state index < -0.39 is 0 Å². The van der Waals surface area contributed by atoms with Gasteiger partial charge in [0.2, 0.25) is 0 Å². The molecule has 0 N–H and O–H groups in total. The van der Waals surface area contributed by atoms with Gasteiger partial charge in [0.05, 0.1) is 4.92 Å². The van der Waals surface area contributed by atoms with Gasteiger partial charge in [0.1, 0.15) is 12.0 Å². The third-order valence-electron chi connectivity index (χ3n) is 3.07. The van der Waals surface area contributed by atoms with Crippen LogP contribution in [0.3, 0.4) is 0 Å². The number of aldehydes is 1. The lowest BCUT2D eigenvalue weighted by atomic mass is 10.1. The second-order valence-electron chi connectivity index (χ2n) is 6.14. The molecule has 0 saturated carbocycles. The number of anilines is 1. The van der Waals surface area contributed by atoms with Crippen molar-refractivity contribution in [2.75, 3.05) is 18.0 Å². The van der Waals surface area contributed by atoms with Gasteiger partial charge in [-0.15, -0.1) is 0 Å². The molecule has 0 radical (unpaired) electrons. The second-order valence-corrected chi connectivity index (χ2v) is 6.14. The summed E-state index contributed by atoms with van der Waals surface area (Å²) in [4.78, 5) is 23.6. The molecular formula is C16H24N2O3. The number of nitro benzene ring substituents is 1. The van der Waals surface area contributed by atoms with E-state index in [1.807, 2.05) is 0 Å². The van der Waals surface area contributed by atoms with Crippen LogP contribution in [0.2, 0.25) is 0 Å². The molecule has 0 aliphatic rings. The normalized spacial score (nSPS) is 11.0. The summed E-state index contributed by atoms with van der Waals surface area (Å²) in [5.74, 6) is 0.830. The van der Waals surface area contributed by atoms with Gasteiger partial charge in [0.15, 0.2) is 0 Å². The maximum Gasteiger partial charge on any atom is 0.292 e. The van der Waals surface area contributed by atoms with Gasteiger partial charge < -0.3 is 9.69 Å². The van der Waals surface area contributed by atoms with Gasteiger partial charge in [-0.1, -0.05) is 33.8 Å². The lowest BCUT2D eigenvalue weighted by Gasteiger charge is -2.28. The number of carbonyl (C=O) groups excluding carboxylic acids is 1. The first kappa shape index (κ1) is 17.1. The van der Waals surface area contributed by atoms with E-state index in [0.29, 0.717) is 23.1 Å². The van der Waals surface area contributed by atoms with Crippen molar-refractivity contribution < 1.29 is 9.72 Å². The molecule has 0 atom stereocenters. The quantitative estimate of drug-likeness (QED) is 0.418. The van der Waals surface area contributed by atoms with E-state index >= 15 is 0 Å². The topological polar surface area (TPSA) is 63.5 Å². The van der Waals surface area contributed by atoms with Gasteiger partial charge in [0, 0.05) is 25.6 Å². The minimum absolute atomic E-state index is 0.0793. The van der Waals surface area contributed by atoms with Crippen LogP contribution in [0.15, 0.2) is 18.2 Å². The van der Waals surface area contributed by atoms with Crippen LogP contribution in [0.4, 0.5) is 11.4 Å². The molecule has 0 bridgehead atoms. The van der Waals surface area contributed by atoms with Crippen LogP contribution < -0.4 is 4.90 Å². The molecule has 1 aromatic carbocycles. The smallest absolute Gasteiger partial charge is 0.292 e. The van der Waals surface area contributed by atoms with Crippen molar-refractivity contribution in [1.29, 1.82) is 0 Å². The first-order valence-corrected chi connectivity index (χ1v) is 7.31. The summed E-state index contributed by atoms with van der Waals surface area (Å²) >= 11 is 0. The number of benzene rings is 1. The molecule has 0 amide bonds. The highest BCUT2D eigenvalue weighted by Gasteiger charge is 2.21. The summed E-state index contributed by atoms with van der Waals surface area (Å²) in [5, 5.41) is 11.3. The highest BCUT2D eigenvalue weighted by molar-refractivity contribution is 5.66. The molecule has 0 fully saturated rings. The van der Waals surface area contributed by atoms with Crippen molar-refractivity contribution >= 4 is 17.7 Å². The monoisotopic (exact) mass is 292 g/mol. The first-order valence-electron chi connectivity index (χ1n) is 7.31. The average molecular weight is 292 g/mol. The Morgan fingerprint density at radius 3 is 2.19 bits per heavy atom. The Kier molecular flexibility index (Phi) is 6.34. The molecule has 5 nitrogen and oxygen atoms in total. The van der Waals surface area contributed by atoms with Gasteiger partial charge in [-0.2, -0.15) is 0 Å². The number of hydrogen-bond donors (Lipinski definition) is 0. The Morgan fingerprint density at radius 1 is 1.19 bits per heavy atom. The summed E-state index contributed by atoms with van der Waals surface area (Å²) in [6, 6.07) is 5.07. The zero-order valence-electron chi connectivity index (χ0n) is 13.2. The standard InChI is InChI=1S/C16H24N2O3/c1-12(2)10-17(11-13(3)4)15-6-5-14(7-8-19)9-16(15)18(20)21/h5-6,8-9,12-13H,7,10-11H2,1-4H3. The SMILES string of the molecule is CC(C)CN(CC(C)C)c1ccc(CC=O)cc1[N+](=O)[O-]. The van der Waals surface area contributed by atoms with E-state index in [4.69, 9.17) is 0 Å². The molecule has 0 aromatic heterocycles. The van der Waals surface area contributed by atoms with E-state index in [-0.39, 0.29) is 17.0 Å². The number of carbonyl (C=O) groups is 1. The van der Waals surface area contributed by atoms with E-state index in [2.05, 4.69) is 32.6 Å². The maximum absolute atomic E-state index is 11.3. The van der Waals surface area contributed by atoms with Gasteiger partial charge in [0.25, 0.3) is 5.69 Å². The Balaban J connectivity index is 3.21. The zero-order chi connectivity index (χ0) is 16.0. The molecule has 0 unspecified atom stereocenters. The fraction of sp³-hybridized carbons (Fsp3) is 0.562. The molecule has 0 saturated heterocycles. The highest BCUT2D eigenvalue weighted by atomic mass is 16.6. The molecule has 0 aliphatic carbocycles. The number of nitro groups is 1. The van der Waals surface area contributed by atoms with E-state index in [9.17, 15) is 14.9 Å². The molecule has 0 heterocycles. The Hall–Kier alpha value is -1.91. The lowest BCUT2D eigenvalue weighted by molar-refractivity contribution is -0.384. The fourth-order valence-electron chi connectivity index (χ4n) is 2.36. The first-order chi connectivity index (χ1) is 9.85. The van der Waals surface area contributed by atoms with E-state index in [1.165, 1.54) is 6.07 Å². The largest absolute Gasteiger partial charge is 0.365 e. The number of nitrogens with zero attached hydrogens (tertiary/aromatic N) is 2. The van der Waals surface area contributed by atoms with Gasteiger partial charge in [-0.05, 0) is 23.5 Å². The van der Waals surface area contributed by atoms with Gasteiger partial charge in [-0.3, -0.25) is 10.1 Å². The minimum atomic E-state index is -0.364. The Bertz CT molecular complexity index is 488. The molecule has 1 aromatic rings. The van der Waals surface area contributed by atoms with Crippen molar-refractivity contribution in [1.82, 2.24) is 0 Å². The van der Waals surface area contributed by atoms with E-state index in [0.717, 1.165) is 19.4 Å². The van der Waals surface area contributed by atoms with Crippen LogP contribution in [-0.2, 0) is 11.2 Å². The third kappa shape index (κ3) is 5.17. The van der Waals surface area contributed by atoms with Gasteiger partial charge in [-0.25, -0.2) is 0 Å². The van der Waals surface area contributed by atoms with Crippen LogP contribution >= 0.6 is 0 Å². The summed E-state index contributed by atoms with van der Waals surface area (Å²) in [5.41, 5.74) is 1.39. The van der Waals surface area contributed by atoms with E-state index in [1.54, 1.807) is 12.1 Å².